The molecule has 0 aliphatic carbocycles. The Balaban J connectivity index is 1.34. The number of sulfonamides is 1. The number of carbonyl (C=O) groups excluding carboxylic acids is 1. The molecule has 30 heavy (non-hydrogen) atoms. The monoisotopic (exact) mass is 449 g/mol. The highest BCUT2D eigenvalue weighted by Gasteiger charge is 2.33. The van der Waals surface area contributed by atoms with Gasteiger partial charge in [-0.25, -0.2) is 8.42 Å². The van der Waals surface area contributed by atoms with Gasteiger partial charge < -0.3 is 9.64 Å². The lowest BCUT2D eigenvalue weighted by molar-refractivity contribution is -0.133. The van der Waals surface area contributed by atoms with Crippen LogP contribution >= 0.6 is 11.3 Å². The summed E-state index contributed by atoms with van der Waals surface area (Å²) in [6.07, 6.45) is 2.19. The number of amides is 1. The summed E-state index contributed by atoms with van der Waals surface area (Å²) in [6.45, 7) is 2.80. The number of hydrogen-bond acceptors (Lipinski definition) is 6. The molecule has 2 fully saturated rings. The second-order valence-electron chi connectivity index (χ2n) is 7.60. The summed E-state index contributed by atoms with van der Waals surface area (Å²) in [5.74, 6) is 0.701. The Kier molecular flexibility index (Phi) is 6.43. The van der Waals surface area contributed by atoms with Gasteiger partial charge in [0.1, 0.15) is 5.75 Å². The van der Waals surface area contributed by atoms with Crippen LogP contribution in [0.15, 0.2) is 46.7 Å². The molecule has 0 spiro atoms. The first-order chi connectivity index (χ1) is 14.5. The van der Waals surface area contributed by atoms with E-state index >= 15 is 0 Å². The number of thiophene rings is 1. The van der Waals surface area contributed by atoms with Crippen LogP contribution in [-0.2, 0) is 14.8 Å². The van der Waals surface area contributed by atoms with E-state index in [2.05, 4.69) is 22.4 Å². The standard InChI is InChI=1S/C21H27N3O4S2/c1-28-17-6-8-18(9-7-17)30(26,27)24-13-11-22(12-14-24)21(25)16-23-10-2-4-19(23)20-5-3-15-29-20/h3,5-9,15,19H,2,4,10-14,16H2,1H3. The minimum absolute atomic E-state index is 0.0833. The van der Waals surface area contributed by atoms with Crippen molar-refractivity contribution in [3.8, 4) is 5.75 Å². The predicted octanol–water partition coefficient (Wildman–Crippen LogP) is 2.43. The first-order valence-electron chi connectivity index (χ1n) is 10.2. The van der Waals surface area contributed by atoms with Crippen molar-refractivity contribution in [2.45, 2.75) is 23.8 Å². The third-order valence-corrected chi connectivity index (χ3v) is 8.75. The SMILES string of the molecule is COc1ccc(S(=O)(=O)N2CCN(C(=O)CN3CCCC3c3cccs3)CC2)cc1. The summed E-state index contributed by atoms with van der Waals surface area (Å²) in [6, 6.07) is 10.9. The van der Waals surface area contributed by atoms with Crippen molar-refractivity contribution in [2.24, 2.45) is 0 Å². The lowest BCUT2D eigenvalue weighted by atomic mass is 10.2. The molecule has 1 aromatic carbocycles. The maximum absolute atomic E-state index is 12.9. The van der Waals surface area contributed by atoms with Crippen LogP contribution < -0.4 is 4.74 Å². The molecular weight excluding hydrogens is 422 g/mol. The summed E-state index contributed by atoms with van der Waals surface area (Å²) >= 11 is 1.74. The Labute approximate surface area is 181 Å². The first kappa shape index (κ1) is 21.3. The van der Waals surface area contributed by atoms with Crippen molar-refractivity contribution >= 4 is 27.3 Å². The number of rotatable bonds is 6. The molecule has 0 saturated carbocycles. The Morgan fingerprint density at radius 2 is 1.83 bits per heavy atom. The Bertz CT molecular complexity index is 953. The minimum Gasteiger partial charge on any atom is -0.497 e. The van der Waals surface area contributed by atoms with Crippen molar-refractivity contribution in [2.75, 3.05) is 46.4 Å². The fourth-order valence-corrected chi connectivity index (χ4v) is 6.48. The maximum Gasteiger partial charge on any atom is 0.243 e. The topological polar surface area (TPSA) is 70.2 Å². The van der Waals surface area contributed by atoms with Gasteiger partial charge in [-0.15, -0.1) is 11.3 Å². The van der Waals surface area contributed by atoms with Gasteiger partial charge in [0.25, 0.3) is 0 Å². The molecule has 9 heteroatoms. The van der Waals surface area contributed by atoms with Gasteiger partial charge in [0.05, 0.1) is 18.6 Å². The van der Waals surface area contributed by atoms with Gasteiger partial charge in [-0.3, -0.25) is 9.69 Å². The molecule has 4 rings (SSSR count). The van der Waals surface area contributed by atoms with Crippen molar-refractivity contribution in [3.05, 3.63) is 46.7 Å². The maximum atomic E-state index is 12.9. The minimum atomic E-state index is -3.57. The molecule has 1 unspecified atom stereocenters. The van der Waals surface area contributed by atoms with E-state index in [1.54, 1.807) is 47.6 Å². The quantitative estimate of drug-likeness (QED) is 0.678. The van der Waals surface area contributed by atoms with Gasteiger partial charge >= 0.3 is 0 Å². The van der Waals surface area contributed by atoms with Gasteiger partial charge in [-0.05, 0) is 55.1 Å². The summed E-state index contributed by atoms with van der Waals surface area (Å²) < 4.78 is 32.3. The van der Waals surface area contributed by atoms with E-state index in [-0.39, 0.29) is 10.8 Å². The third-order valence-electron chi connectivity index (χ3n) is 5.86. The molecule has 1 amide bonds. The van der Waals surface area contributed by atoms with Crippen LogP contribution in [-0.4, -0.2) is 74.8 Å². The van der Waals surface area contributed by atoms with Crippen molar-refractivity contribution in [3.63, 3.8) is 0 Å². The largest absolute Gasteiger partial charge is 0.497 e. The molecule has 0 radical (unpaired) electrons. The zero-order valence-electron chi connectivity index (χ0n) is 17.1. The molecule has 2 aliphatic heterocycles. The summed E-state index contributed by atoms with van der Waals surface area (Å²) in [5, 5.41) is 2.08. The molecule has 3 heterocycles. The number of ether oxygens (including phenoxy) is 1. The molecule has 162 valence electrons. The molecule has 0 bridgehead atoms. The number of carbonyl (C=O) groups is 1. The summed E-state index contributed by atoms with van der Waals surface area (Å²) in [5.41, 5.74) is 0. The lowest BCUT2D eigenvalue weighted by Gasteiger charge is -2.35. The molecule has 2 saturated heterocycles. The molecule has 2 aliphatic rings. The van der Waals surface area contributed by atoms with Crippen LogP contribution in [0.4, 0.5) is 0 Å². The van der Waals surface area contributed by atoms with Crippen LogP contribution in [0.2, 0.25) is 0 Å². The second-order valence-corrected chi connectivity index (χ2v) is 10.5. The first-order valence-corrected chi connectivity index (χ1v) is 12.5. The van der Waals surface area contributed by atoms with Crippen LogP contribution in [0.5, 0.6) is 5.75 Å². The van der Waals surface area contributed by atoms with Crippen LogP contribution in [0.1, 0.15) is 23.8 Å². The molecular formula is C21H27N3O4S2. The van der Waals surface area contributed by atoms with E-state index in [1.165, 1.54) is 9.18 Å². The van der Waals surface area contributed by atoms with Crippen LogP contribution in [0, 0.1) is 0 Å². The molecule has 2 aromatic rings. The van der Waals surface area contributed by atoms with Crippen LogP contribution in [0.25, 0.3) is 0 Å². The molecule has 7 nitrogen and oxygen atoms in total. The predicted molar refractivity (Wildman–Crippen MR) is 116 cm³/mol. The van der Waals surface area contributed by atoms with E-state index in [0.29, 0.717) is 44.5 Å². The highest BCUT2D eigenvalue weighted by atomic mass is 32.2. The average molecular weight is 450 g/mol. The average Bonchev–Trinajstić information content (AvgIpc) is 3.45. The molecule has 1 aromatic heterocycles. The van der Waals surface area contributed by atoms with Crippen molar-refractivity contribution in [1.29, 1.82) is 0 Å². The summed E-state index contributed by atoms with van der Waals surface area (Å²) in [4.78, 5) is 18.5. The number of methoxy groups -OCH3 is 1. The van der Waals surface area contributed by atoms with Gasteiger partial charge in [0.15, 0.2) is 0 Å². The molecule has 1 atom stereocenters. The van der Waals surface area contributed by atoms with Crippen molar-refractivity contribution in [1.82, 2.24) is 14.1 Å². The Morgan fingerprint density at radius 1 is 1.10 bits per heavy atom. The Morgan fingerprint density at radius 3 is 2.47 bits per heavy atom. The fraction of sp³-hybridized carbons (Fsp3) is 0.476. The van der Waals surface area contributed by atoms with Crippen molar-refractivity contribution < 1.29 is 17.9 Å². The van der Waals surface area contributed by atoms with E-state index < -0.39 is 10.0 Å². The zero-order valence-corrected chi connectivity index (χ0v) is 18.7. The highest BCUT2D eigenvalue weighted by molar-refractivity contribution is 7.89. The zero-order chi connectivity index (χ0) is 21.1. The lowest BCUT2D eigenvalue weighted by Crippen LogP contribution is -2.52. The number of nitrogens with zero attached hydrogens (tertiary/aromatic N) is 3. The van der Waals surface area contributed by atoms with E-state index in [9.17, 15) is 13.2 Å². The van der Waals surface area contributed by atoms with E-state index in [4.69, 9.17) is 4.74 Å². The van der Waals surface area contributed by atoms with Gasteiger partial charge in [-0.2, -0.15) is 4.31 Å². The van der Waals surface area contributed by atoms with E-state index in [0.717, 1.165) is 19.4 Å². The fourth-order valence-electron chi connectivity index (χ4n) is 4.17. The number of likely N-dealkylation sites (tertiary alicyclic amines) is 1. The smallest absolute Gasteiger partial charge is 0.243 e. The normalized spacial score (nSPS) is 21.1. The van der Waals surface area contributed by atoms with Gasteiger partial charge in [-0.1, -0.05) is 6.07 Å². The van der Waals surface area contributed by atoms with Crippen LogP contribution in [0.3, 0.4) is 0 Å². The number of hydrogen-bond donors (Lipinski definition) is 0. The Hall–Kier alpha value is -1.94. The van der Waals surface area contributed by atoms with Gasteiger partial charge in [0, 0.05) is 37.1 Å². The second kappa shape index (κ2) is 9.05. The molecule has 0 N–H and O–H groups in total. The highest BCUT2D eigenvalue weighted by Crippen LogP contribution is 2.34. The van der Waals surface area contributed by atoms with Gasteiger partial charge in [0.2, 0.25) is 15.9 Å². The van der Waals surface area contributed by atoms with E-state index in [1.807, 2.05) is 0 Å². The number of piperazine rings is 1. The third kappa shape index (κ3) is 4.39. The summed E-state index contributed by atoms with van der Waals surface area (Å²) in [7, 11) is -2.02. The number of benzene rings is 1.